The standard InChI is InChI=1S/C63H112O6/c1-4-7-10-13-16-19-22-25-28-30-32-34-35-38-41-44-47-50-53-56-62(65)68-59-60(58-67-61(64)55-52-49-46-43-40-37-27-24-21-18-15-12-9-6-3)69-63(66)57-54-51-48-45-42-39-36-33-31-29-26-23-20-17-14-11-8-5-2/h17,20,23,26,29-33,36,60H,4-16,18-19,21-22,24-25,27-28,34-35,37-59H2,1-3H3/b20-17-,26-23-,31-29-,32-30-,36-33-. The Morgan fingerprint density at radius 2 is 0.536 bits per heavy atom. The van der Waals surface area contributed by atoms with Gasteiger partial charge in [0.05, 0.1) is 0 Å². The molecule has 0 radical (unpaired) electrons. The fourth-order valence-electron chi connectivity index (χ4n) is 8.57. The summed E-state index contributed by atoms with van der Waals surface area (Å²) in [5.41, 5.74) is 0. The number of carbonyl (C=O) groups excluding carboxylic acids is 3. The topological polar surface area (TPSA) is 78.9 Å². The number of rotatable bonds is 54. The van der Waals surface area contributed by atoms with Crippen LogP contribution < -0.4 is 0 Å². The molecule has 69 heavy (non-hydrogen) atoms. The Labute approximate surface area is 428 Å². The zero-order chi connectivity index (χ0) is 50.0. The van der Waals surface area contributed by atoms with E-state index < -0.39 is 6.10 Å². The molecule has 0 bridgehead atoms. The van der Waals surface area contributed by atoms with Crippen molar-refractivity contribution in [3.63, 3.8) is 0 Å². The monoisotopic (exact) mass is 965 g/mol. The molecule has 0 N–H and O–H groups in total. The van der Waals surface area contributed by atoms with Crippen LogP contribution in [0.4, 0.5) is 0 Å². The molecule has 1 unspecified atom stereocenters. The summed E-state index contributed by atoms with van der Waals surface area (Å²) >= 11 is 0. The van der Waals surface area contributed by atoms with Crippen LogP contribution in [0.3, 0.4) is 0 Å². The minimum atomic E-state index is -0.787. The number of hydrogen-bond acceptors (Lipinski definition) is 6. The molecular weight excluding hydrogens is 853 g/mol. The third kappa shape index (κ3) is 55.9. The average molecular weight is 966 g/mol. The molecule has 400 valence electrons. The predicted octanol–water partition coefficient (Wildman–Crippen LogP) is 20.0. The minimum absolute atomic E-state index is 0.0827. The number of carbonyl (C=O) groups is 3. The molecular formula is C63H112O6. The Bertz CT molecular complexity index is 1250. The van der Waals surface area contributed by atoms with E-state index in [1.54, 1.807) is 0 Å². The molecule has 0 saturated carbocycles. The normalized spacial score (nSPS) is 12.4. The van der Waals surface area contributed by atoms with E-state index in [1.165, 1.54) is 180 Å². The Morgan fingerprint density at radius 3 is 0.884 bits per heavy atom. The summed E-state index contributed by atoms with van der Waals surface area (Å²) in [6.45, 7) is 6.61. The number of unbranched alkanes of at least 4 members (excludes halogenated alkanes) is 36. The lowest BCUT2D eigenvalue weighted by molar-refractivity contribution is -0.167. The van der Waals surface area contributed by atoms with E-state index in [1.807, 2.05) is 0 Å². The van der Waals surface area contributed by atoms with Crippen molar-refractivity contribution < 1.29 is 28.6 Å². The van der Waals surface area contributed by atoms with E-state index in [0.717, 1.165) is 83.5 Å². The summed E-state index contributed by atoms with van der Waals surface area (Å²) < 4.78 is 16.9. The Kier molecular flexibility index (Phi) is 55.3. The number of hydrogen-bond donors (Lipinski definition) is 0. The van der Waals surface area contributed by atoms with E-state index >= 15 is 0 Å². The van der Waals surface area contributed by atoms with Crippen LogP contribution in [0, 0.1) is 0 Å². The van der Waals surface area contributed by atoms with Gasteiger partial charge in [-0.3, -0.25) is 14.4 Å². The molecule has 0 aliphatic heterocycles. The SMILES string of the molecule is CCCCC\C=C/C=C\C=C/C=C\CCCCCCCC(=O)OC(COC(=O)CCCCCCCCC/C=C\CCCCCCCCCC)COC(=O)CCCCCCCCCCCCCCCC. The molecule has 1 atom stereocenters. The average Bonchev–Trinajstić information content (AvgIpc) is 3.35. The second-order valence-electron chi connectivity index (χ2n) is 20.0. The Hall–Kier alpha value is -2.89. The maximum Gasteiger partial charge on any atom is 0.306 e. The Morgan fingerprint density at radius 1 is 0.290 bits per heavy atom. The van der Waals surface area contributed by atoms with Crippen molar-refractivity contribution in [2.75, 3.05) is 13.2 Å². The maximum absolute atomic E-state index is 12.9. The highest BCUT2D eigenvalue weighted by molar-refractivity contribution is 5.71. The van der Waals surface area contributed by atoms with Crippen LogP contribution in [-0.4, -0.2) is 37.2 Å². The van der Waals surface area contributed by atoms with Crippen molar-refractivity contribution in [3.8, 4) is 0 Å². The number of ether oxygens (including phenoxy) is 3. The van der Waals surface area contributed by atoms with Gasteiger partial charge in [0.2, 0.25) is 0 Å². The summed E-state index contributed by atoms with van der Waals surface area (Å²) in [5, 5.41) is 0. The largest absolute Gasteiger partial charge is 0.462 e. The third-order valence-electron chi connectivity index (χ3n) is 13.1. The molecule has 0 aliphatic rings. The van der Waals surface area contributed by atoms with Gasteiger partial charge >= 0.3 is 17.9 Å². The molecule has 0 aromatic rings. The van der Waals surface area contributed by atoms with Crippen molar-refractivity contribution in [1.82, 2.24) is 0 Å². The van der Waals surface area contributed by atoms with Crippen LogP contribution in [0.25, 0.3) is 0 Å². The van der Waals surface area contributed by atoms with Crippen LogP contribution in [-0.2, 0) is 28.6 Å². The van der Waals surface area contributed by atoms with E-state index in [2.05, 4.69) is 81.5 Å². The molecule has 0 heterocycles. The van der Waals surface area contributed by atoms with Gasteiger partial charge in [-0.25, -0.2) is 0 Å². The van der Waals surface area contributed by atoms with Gasteiger partial charge in [0, 0.05) is 19.3 Å². The zero-order valence-electron chi connectivity index (χ0n) is 45.8. The van der Waals surface area contributed by atoms with Gasteiger partial charge in [0.25, 0.3) is 0 Å². The lowest BCUT2D eigenvalue weighted by atomic mass is 10.0. The molecule has 0 spiro atoms. The van der Waals surface area contributed by atoms with Crippen LogP contribution in [0.15, 0.2) is 60.8 Å². The summed E-state index contributed by atoms with van der Waals surface area (Å²) in [6.07, 6.45) is 72.0. The molecule has 0 aromatic carbocycles. The van der Waals surface area contributed by atoms with Crippen LogP contribution >= 0.6 is 0 Å². The van der Waals surface area contributed by atoms with Crippen molar-refractivity contribution in [2.45, 2.75) is 309 Å². The Balaban J connectivity index is 4.40. The summed E-state index contributed by atoms with van der Waals surface area (Å²) in [4.78, 5) is 38.2. The lowest BCUT2D eigenvalue weighted by Crippen LogP contribution is -2.30. The zero-order valence-corrected chi connectivity index (χ0v) is 45.8. The first kappa shape index (κ1) is 66.1. The highest BCUT2D eigenvalue weighted by Crippen LogP contribution is 2.16. The number of allylic oxidation sites excluding steroid dienone is 10. The molecule has 6 heteroatoms. The fraction of sp³-hybridized carbons (Fsp3) is 0.794. The quantitative estimate of drug-likeness (QED) is 0.0199. The predicted molar refractivity (Wildman–Crippen MR) is 298 cm³/mol. The van der Waals surface area contributed by atoms with Gasteiger partial charge in [-0.15, -0.1) is 0 Å². The third-order valence-corrected chi connectivity index (χ3v) is 13.1. The van der Waals surface area contributed by atoms with E-state index in [4.69, 9.17) is 14.2 Å². The van der Waals surface area contributed by atoms with Gasteiger partial charge < -0.3 is 14.2 Å². The molecule has 6 nitrogen and oxygen atoms in total. The molecule has 0 rings (SSSR count). The molecule has 0 amide bonds. The van der Waals surface area contributed by atoms with Gasteiger partial charge in [0.1, 0.15) is 13.2 Å². The van der Waals surface area contributed by atoms with E-state index in [-0.39, 0.29) is 31.1 Å². The van der Waals surface area contributed by atoms with Crippen LogP contribution in [0.5, 0.6) is 0 Å². The van der Waals surface area contributed by atoms with Gasteiger partial charge in [0.15, 0.2) is 6.10 Å². The van der Waals surface area contributed by atoms with Crippen molar-refractivity contribution in [1.29, 1.82) is 0 Å². The fourth-order valence-corrected chi connectivity index (χ4v) is 8.57. The molecule has 0 aliphatic carbocycles. The van der Waals surface area contributed by atoms with Crippen molar-refractivity contribution >= 4 is 17.9 Å². The van der Waals surface area contributed by atoms with Crippen molar-refractivity contribution in [2.24, 2.45) is 0 Å². The highest BCUT2D eigenvalue weighted by atomic mass is 16.6. The molecule has 0 aromatic heterocycles. The van der Waals surface area contributed by atoms with Crippen LogP contribution in [0.2, 0.25) is 0 Å². The number of esters is 3. The van der Waals surface area contributed by atoms with Gasteiger partial charge in [-0.2, -0.15) is 0 Å². The summed E-state index contributed by atoms with van der Waals surface area (Å²) in [5.74, 6) is -0.896. The van der Waals surface area contributed by atoms with Crippen molar-refractivity contribution in [3.05, 3.63) is 60.8 Å². The second-order valence-corrected chi connectivity index (χ2v) is 20.0. The first-order valence-corrected chi connectivity index (χ1v) is 29.8. The summed E-state index contributed by atoms with van der Waals surface area (Å²) in [7, 11) is 0. The molecule has 0 saturated heterocycles. The molecule has 0 fully saturated rings. The van der Waals surface area contributed by atoms with E-state index in [0.29, 0.717) is 19.3 Å². The van der Waals surface area contributed by atoms with E-state index in [9.17, 15) is 14.4 Å². The highest BCUT2D eigenvalue weighted by Gasteiger charge is 2.19. The minimum Gasteiger partial charge on any atom is -0.462 e. The van der Waals surface area contributed by atoms with Crippen LogP contribution in [0.1, 0.15) is 303 Å². The van der Waals surface area contributed by atoms with Gasteiger partial charge in [-0.05, 0) is 70.6 Å². The second kappa shape index (κ2) is 57.7. The smallest absolute Gasteiger partial charge is 0.306 e. The maximum atomic E-state index is 12.9. The lowest BCUT2D eigenvalue weighted by Gasteiger charge is -2.18. The first-order chi connectivity index (χ1) is 34.0. The first-order valence-electron chi connectivity index (χ1n) is 29.8. The summed E-state index contributed by atoms with van der Waals surface area (Å²) in [6, 6.07) is 0. The van der Waals surface area contributed by atoms with Gasteiger partial charge in [-0.1, -0.05) is 274 Å².